The van der Waals surface area contributed by atoms with E-state index < -0.39 is 5.51 Å². The maximum absolute atomic E-state index is 12.4. The van der Waals surface area contributed by atoms with E-state index in [9.17, 15) is 18.0 Å². The summed E-state index contributed by atoms with van der Waals surface area (Å²) in [6.07, 6.45) is 1.75. The Morgan fingerprint density at radius 1 is 1.39 bits per heavy atom. The van der Waals surface area contributed by atoms with Gasteiger partial charge >= 0.3 is 5.51 Å². The first kappa shape index (κ1) is 15.7. The summed E-state index contributed by atoms with van der Waals surface area (Å²) >= 11 is 6.44. The monoisotopic (exact) mass is 314 g/mol. The van der Waals surface area contributed by atoms with Crippen LogP contribution in [0, 0.1) is 0 Å². The molecule has 0 atom stereocenters. The van der Waals surface area contributed by atoms with Gasteiger partial charge < -0.3 is 0 Å². The fourth-order valence-corrected chi connectivity index (χ4v) is 3.16. The van der Waals surface area contributed by atoms with Crippen molar-refractivity contribution in [3.8, 4) is 0 Å². The number of ketones is 1. The van der Waals surface area contributed by atoms with E-state index in [0.29, 0.717) is 10.5 Å². The van der Waals surface area contributed by atoms with Crippen molar-refractivity contribution in [3.05, 3.63) is 23.8 Å². The Balaban J connectivity index is 3.06. The Kier molecular flexibility index (Phi) is 5.88. The van der Waals surface area contributed by atoms with Crippen molar-refractivity contribution in [1.29, 1.82) is 0 Å². The molecule has 1 nitrogen and oxygen atoms in total. The standard InChI is InChI=1S/C11H10ClF3OS2/c1-17-10-7(5-8(16)6-12)3-2-4-9(10)18-11(13,14)15/h2-4H,5-6H2,1H3. The van der Waals surface area contributed by atoms with Crippen LogP contribution >= 0.6 is 35.1 Å². The van der Waals surface area contributed by atoms with Gasteiger partial charge in [-0.15, -0.1) is 23.4 Å². The summed E-state index contributed by atoms with van der Waals surface area (Å²) in [6, 6.07) is 4.57. The van der Waals surface area contributed by atoms with Crippen molar-refractivity contribution in [2.24, 2.45) is 0 Å². The maximum Gasteiger partial charge on any atom is 0.446 e. The molecule has 0 N–H and O–H groups in total. The van der Waals surface area contributed by atoms with Gasteiger partial charge in [0, 0.05) is 16.2 Å². The molecule has 0 heterocycles. The van der Waals surface area contributed by atoms with Gasteiger partial charge in [-0.3, -0.25) is 4.79 Å². The summed E-state index contributed by atoms with van der Waals surface area (Å²) in [7, 11) is 0. The first-order valence-corrected chi connectivity index (χ1v) is 7.44. The number of carbonyl (C=O) groups excluding carboxylic acids is 1. The van der Waals surface area contributed by atoms with Crippen molar-refractivity contribution in [2.45, 2.75) is 21.7 Å². The zero-order valence-electron chi connectivity index (χ0n) is 9.38. The lowest BCUT2D eigenvalue weighted by Gasteiger charge is -2.13. The number of Topliss-reactive ketones (excluding diaryl/α,β-unsaturated/α-hetero) is 1. The molecule has 1 rings (SSSR count). The number of benzene rings is 1. The van der Waals surface area contributed by atoms with Crippen molar-refractivity contribution in [1.82, 2.24) is 0 Å². The van der Waals surface area contributed by atoms with E-state index in [1.807, 2.05) is 0 Å². The Morgan fingerprint density at radius 3 is 2.56 bits per heavy atom. The zero-order chi connectivity index (χ0) is 13.8. The highest BCUT2D eigenvalue weighted by molar-refractivity contribution is 8.02. The molecule has 0 aliphatic heterocycles. The van der Waals surface area contributed by atoms with Gasteiger partial charge in [0.1, 0.15) is 0 Å². The minimum absolute atomic E-state index is 0.0614. The third-order valence-electron chi connectivity index (χ3n) is 2.03. The molecule has 0 spiro atoms. The van der Waals surface area contributed by atoms with Gasteiger partial charge in [0.15, 0.2) is 5.78 Å². The fraction of sp³-hybridized carbons (Fsp3) is 0.364. The van der Waals surface area contributed by atoms with Gasteiger partial charge in [0.05, 0.1) is 5.88 Å². The van der Waals surface area contributed by atoms with Crippen LogP contribution < -0.4 is 0 Å². The van der Waals surface area contributed by atoms with Crippen molar-refractivity contribution >= 4 is 40.9 Å². The predicted octanol–water partition coefficient (Wildman–Crippen LogP) is 4.37. The Labute approximate surface area is 116 Å². The summed E-state index contributed by atoms with van der Waals surface area (Å²) in [5, 5.41) is 0. The van der Waals surface area contributed by atoms with Gasteiger partial charge in [-0.25, -0.2) is 0 Å². The minimum atomic E-state index is -4.33. The zero-order valence-corrected chi connectivity index (χ0v) is 11.8. The summed E-state index contributed by atoms with van der Waals surface area (Å²) in [5.41, 5.74) is -3.75. The fourth-order valence-electron chi connectivity index (χ4n) is 1.40. The van der Waals surface area contributed by atoms with Crippen molar-refractivity contribution < 1.29 is 18.0 Å². The molecule has 0 amide bonds. The SMILES string of the molecule is CSc1c(CC(=O)CCl)cccc1SC(F)(F)F. The number of hydrogen-bond acceptors (Lipinski definition) is 3. The molecule has 0 unspecified atom stereocenters. The Hall–Kier alpha value is -0.330. The van der Waals surface area contributed by atoms with Crippen LogP contribution in [0.5, 0.6) is 0 Å². The number of thioether (sulfide) groups is 2. The molecule has 0 bridgehead atoms. The molecule has 0 radical (unpaired) electrons. The molecule has 1 aromatic rings. The molecule has 0 saturated heterocycles. The summed E-state index contributed by atoms with van der Waals surface area (Å²) in [6.45, 7) is 0. The third-order valence-corrected chi connectivity index (χ3v) is 4.14. The summed E-state index contributed by atoms with van der Waals surface area (Å²) < 4.78 is 37.2. The van der Waals surface area contributed by atoms with Crippen LogP contribution in [0.3, 0.4) is 0 Å². The Bertz CT molecular complexity index is 435. The number of halogens is 4. The molecule has 18 heavy (non-hydrogen) atoms. The molecule has 100 valence electrons. The van der Waals surface area contributed by atoms with Gasteiger partial charge in [-0.1, -0.05) is 12.1 Å². The van der Waals surface area contributed by atoms with Gasteiger partial charge in [0.25, 0.3) is 0 Å². The molecule has 0 saturated carbocycles. The lowest BCUT2D eigenvalue weighted by atomic mass is 10.1. The van der Waals surface area contributed by atoms with E-state index in [1.165, 1.54) is 23.9 Å². The molecular weight excluding hydrogens is 305 g/mol. The number of hydrogen-bond donors (Lipinski definition) is 0. The highest BCUT2D eigenvalue weighted by Gasteiger charge is 2.30. The first-order valence-electron chi connectivity index (χ1n) is 4.86. The molecule has 0 aliphatic carbocycles. The van der Waals surface area contributed by atoms with E-state index in [0.717, 1.165) is 0 Å². The minimum Gasteiger partial charge on any atom is -0.298 e. The third kappa shape index (κ3) is 4.74. The van der Waals surface area contributed by atoms with Crippen LogP contribution in [-0.4, -0.2) is 23.4 Å². The smallest absolute Gasteiger partial charge is 0.298 e. The quantitative estimate of drug-likeness (QED) is 0.593. The second-order valence-corrected chi connectivity index (χ2v) is 5.54. The number of carbonyl (C=O) groups is 1. The highest BCUT2D eigenvalue weighted by Crippen LogP contribution is 2.42. The second kappa shape index (κ2) is 6.73. The lowest BCUT2D eigenvalue weighted by Crippen LogP contribution is -2.06. The molecule has 7 heteroatoms. The maximum atomic E-state index is 12.4. The lowest BCUT2D eigenvalue weighted by molar-refractivity contribution is -0.116. The molecule has 0 fully saturated rings. The number of rotatable bonds is 5. The van der Waals surface area contributed by atoms with E-state index in [4.69, 9.17) is 11.6 Å². The van der Waals surface area contributed by atoms with E-state index >= 15 is 0 Å². The van der Waals surface area contributed by atoms with Gasteiger partial charge in [0.2, 0.25) is 0 Å². The largest absolute Gasteiger partial charge is 0.446 e. The van der Waals surface area contributed by atoms with Crippen LogP contribution in [0.25, 0.3) is 0 Å². The predicted molar refractivity (Wildman–Crippen MR) is 69.6 cm³/mol. The van der Waals surface area contributed by atoms with Crippen LogP contribution in [-0.2, 0) is 11.2 Å². The topological polar surface area (TPSA) is 17.1 Å². The number of alkyl halides is 4. The van der Waals surface area contributed by atoms with E-state index in [1.54, 1.807) is 12.3 Å². The van der Waals surface area contributed by atoms with E-state index in [2.05, 4.69) is 0 Å². The highest BCUT2D eigenvalue weighted by atomic mass is 35.5. The second-order valence-electron chi connectivity index (χ2n) is 3.35. The average Bonchev–Trinajstić information content (AvgIpc) is 2.27. The van der Waals surface area contributed by atoms with Gasteiger partial charge in [-0.05, 0) is 29.6 Å². The Morgan fingerprint density at radius 2 is 2.06 bits per heavy atom. The van der Waals surface area contributed by atoms with Crippen LogP contribution in [0.2, 0.25) is 0 Å². The average molecular weight is 315 g/mol. The van der Waals surface area contributed by atoms with E-state index in [-0.39, 0.29) is 34.7 Å². The normalized spacial score (nSPS) is 11.6. The van der Waals surface area contributed by atoms with Crippen molar-refractivity contribution in [2.75, 3.05) is 12.1 Å². The van der Waals surface area contributed by atoms with Crippen LogP contribution in [0.4, 0.5) is 13.2 Å². The first-order chi connectivity index (χ1) is 8.37. The van der Waals surface area contributed by atoms with Gasteiger partial charge in [-0.2, -0.15) is 13.2 Å². The van der Waals surface area contributed by atoms with Crippen LogP contribution in [0.15, 0.2) is 28.0 Å². The van der Waals surface area contributed by atoms with Crippen molar-refractivity contribution in [3.63, 3.8) is 0 Å². The van der Waals surface area contributed by atoms with Crippen LogP contribution in [0.1, 0.15) is 5.56 Å². The summed E-state index contributed by atoms with van der Waals surface area (Å²) in [4.78, 5) is 11.9. The molecule has 0 aliphatic rings. The summed E-state index contributed by atoms with van der Waals surface area (Å²) in [5.74, 6) is -0.342. The molecule has 1 aromatic carbocycles. The molecule has 0 aromatic heterocycles. The molecular formula is C11H10ClF3OS2.